The van der Waals surface area contributed by atoms with Gasteiger partial charge in [0.1, 0.15) is 16.3 Å². The number of ether oxygens (including phenoxy) is 2. The molecule has 7 nitrogen and oxygen atoms in total. The predicted octanol–water partition coefficient (Wildman–Crippen LogP) is 4.52. The van der Waals surface area contributed by atoms with Crippen LogP contribution < -0.4 is 20.3 Å². The highest BCUT2D eigenvalue weighted by atomic mass is 32.2. The van der Waals surface area contributed by atoms with Gasteiger partial charge in [-0.25, -0.2) is 4.98 Å². The summed E-state index contributed by atoms with van der Waals surface area (Å²) in [7, 11) is 3.11. The third-order valence-corrected chi connectivity index (χ3v) is 7.83. The first-order valence-electron chi connectivity index (χ1n) is 10.8. The van der Waals surface area contributed by atoms with Crippen LogP contribution in [0.25, 0.3) is 10.2 Å². The number of nitrogens with one attached hydrogen (secondary N) is 1. The third kappa shape index (κ3) is 4.79. The number of fused-ring (bicyclic) bond motifs is 3. The Labute approximate surface area is 200 Å². The van der Waals surface area contributed by atoms with Crippen LogP contribution in [0.4, 0.5) is 5.69 Å². The van der Waals surface area contributed by atoms with E-state index >= 15 is 0 Å². The summed E-state index contributed by atoms with van der Waals surface area (Å²) < 4.78 is 12.2. The molecule has 1 aliphatic rings. The number of carbonyl (C=O) groups is 1. The number of hydrogen-bond acceptors (Lipinski definition) is 7. The Morgan fingerprint density at radius 2 is 2.21 bits per heavy atom. The summed E-state index contributed by atoms with van der Waals surface area (Å²) in [6.07, 6.45) is 4.68. The molecule has 1 aromatic carbocycles. The molecule has 0 radical (unpaired) electrons. The fourth-order valence-electron chi connectivity index (χ4n) is 4.02. The van der Waals surface area contributed by atoms with Gasteiger partial charge in [-0.15, -0.1) is 17.9 Å². The van der Waals surface area contributed by atoms with E-state index < -0.39 is 0 Å². The van der Waals surface area contributed by atoms with Gasteiger partial charge < -0.3 is 14.8 Å². The molecule has 1 atom stereocenters. The van der Waals surface area contributed by atoms with Gasteiger partial charge in [0, 0.05) is 17.5 Å². The van der Waals surface area contributed by atoms with Crippen molar-refractivity contribution in [1.29, 1.82) is 0 Å². The second kappa shape index (κ2) is 10.0. The lowest BCUT2D eigenvalue weighted by atomic mass is 9.89. The van der Waals surface area contributed by atoms with Crippen LogP contribution in [0.1, 0.15) is 23.8 Å². The maximum Gasteiger partial charge on any atom is 0.263 e. The topological polar surface area (TPSA) is 82.5 Å². The van der Waals surface area contributed by atoms with Gasteiger partial charge in [-0.05, 0) is 42.9 Å². The van der Waals surface area contributed by atoms with E-state index in [-0.39, 0.29) is 17.2 Å². The van der Waals surface area contributed by atoms with Gasteiger partial charge in [-0.3, -0.25) is 14.2 Å². The number of aromatic nitrogens is 2. The van der Waals surface area contributed by atoms with Crippen molar-refractivity contribution in [3.05, 3.63) is 51.6 Å². The molecular formula is C24H27N3O4S2. The number of nitrogens with zero attached hydrogens (tertiary/aromatic N) is 2. The van der Waals surface area contributed by atoms with Crippen molar-refractivity contribution >= 4 is 44.9 Å². The monoisotopic (exact) mass is 485 g/mol. The number of benzene rings is 1. The highest BCUT2D eigenvalue weighted by Gasteiger charge is 2.24. The normalized spacial score (nSPS) is 15.2. The molecule has 0 fully saturated rings. The minimum absolute atomic E-state index is 0.0494. The van der Waals surface area contributed by atoms with Crippen molar-refractivity contribution in [1.82, 2.24) is 9.55 Å². The lowest BCUT2D eigenvalue weighted by molar-refractivity contribution is -0.113. The summed E-state index contributed by atoms with van der Waals surface area (Å²) in [6.45, 7) is 6.38. The van der Waals surface area contributed by atoms with Crippen molar-refractivity contribution in [2.45, 2.75) is 37.9 Å². The Kier molecular flexibility index (Phi) is 7.09. The summed E-state index contributed by atoms with van der Waals surface area (Å²) in [4.78, 5) is 32.9. The predicted molar refractivity (Wildman–Crippen MR) is 134 cm³/mol. The van der Waals surface area contributed by atoms with Crippen LogP contribution in [0.15, 0.2) is 40.8 Å². The van der Waals surface area contributed by atoms with Crippen molar-refractivity contribution < 1.29 is 14.3 Å². The van der Waals surface area contributed by atoms with Crippen LogP contribution in [0.3, 0.4) is 0 Å². The largest absolute Gasteiger partial charge is 0.497 e. The molecule has 9 heteroatoms. The molecular weight excluding hydrogens is 458 g/mol. The Hall–Kier alpha value is -2.78. The highest BCUT2D eigenvalue weighted by Crippen LogP contribution is 2.36. The maximum atomic E-state index is 13.4. The fourth-order valence-corrected chi connectivity index (χ4v) is 6.26. The molecule has 0 bridgehead atoms. The van der Waals surface area contributed by atoms with Crippen LogP contribution in [0, 0.1) is 5.92 Å². The summed E-state index contributed by atoms with van der Waals surface area (Å²) in [5, 5.41) is 4.12. The van der Waals surface area contributed by atoms with Gasteiger partial charge in [0.25, 0.3) is 5.56 Å². The van der Waals surface area contributed by atoms with E-state index in [2.05, 4.69) is 18.8 Å². The summed E-state index contributed by atoms with van der Waals surface area (Å²) in [5.74, 6) is 1.65. The zero-order valence-corrected chi connectivity index (χ0v) is 20.6. The molecule has 3 aromatic rings. The smallest absolute Gasteiger partial charge is 0.263 e. The number of thioether (sulfide) groups is 1. The first-order chi connectivity index (χ1) is 15.9. The van der Waals surface area contributed by atoms with Crippen LogP contribution in [0.5, 0.6) is 11.5 Å². The van der Waals surface area contributed by atoms with E-state index in [1.165, 1.54) is 23.7 Å². The zero-order chi connectivity index (χ0) is 23.5. The van der Waals surface area contributed by atoms with Crippen molar-refractivity contribution in [3.8, 4) is 11.5 Å². The molecule has 0 spiro atoms. The van der Waals surface area contributed by atoms with E-state index in [9.17, 15) is 9.59 Å². The minimum atomic E-state index is -0.220. The van der Waals surface area contributed by atoms with Crippen LogP contribution in [-0.2, 0) is 24.2 Å². The number of amides is 1. The van der Waals surface area contributed by atoms with E-state index in [1.807, 2.05) is 0 Å². The van der Waals surface area contributed by atoms with Gasteiger partial charge in [-0.1, -0.05) is 24.8 Å². The van der Waals surface area contributed by atoms with Crippen LogP contribution in [-0.4, -0.2) is 35.4 Å². The molecule has 4 rings (SSSR count). The molecule has 2 heterocycles. The summed E-state index contributed by atoms with van der Waals surface area (Å²) >= 11 is 2.86. The van der Waals surface area contributed by atoms with Crippen LogP contribution >= 0.6 is 23.1 Å². The summed E-state index contributed by atoms with van der Waals surface area (Å²) in [6, 6.07) is 5.19. The van der Waals surface area contributed by atoms with Gasteiger partial charge in [0.05, 0.1) is 31.0 Å². The summed E-state index contributed by atoms with van der Waals surface area (Å²) in [5.41, 5.74) is 1.66. The molecule has 1 amide bonds. The molecule has 1 aliphatic carbocycles. The first-order valence-corrected chi connectivity index (χ1v) is 12.6. The second-order valence-corrected chi connectivity index (χ2v) is 10.1. The van der Waals surface area contributed by atoms with Crippen molar-refractivity contribution in [2.75, 3.05) is 25.3 Å². The molecule has 1 unspecified atom stereocenters. The molecule has 174 valence electrons. The van der Waals surface area contributed by atoms with Gasteiger partial charge in [0.15, 0.2) is 5.16 Å². The Morgan fingerprint density at radius 3 is 2.94 bits per heavy atom. The lowest BCUT2D eigenvalue weighted by Crippen LogP contribution is -2.24. The number of thiophene rings is 1. The standard InChI is InChI=1S/C24H27N3O4S2/c1-5-10-27-23(29)21-16-8-6-14(2)11-19(16)33-22(21)26-24(27)32-13-20(28)25-17-9-7-15(30-3)12-18(17)31-4/h5,7,9,12,14H,1,6,8,10-11,13H2,2-4H3,(H,25,28). The lowest BCUT2D eigenvalue weighted by Gasteiger charge is -2.17. The van der Waals surface area contributed by atoms with E-state index in [1.54, 1.807) is 47.3 Å². The first kappa shape index (κ1) is 23.4. The SMILES string of the molecule is C=CCn1c(SCC(=O)Nc2ccc(OC)cc2OC)nc2sc3c(c2c1=O)CCC(C)C3. The number of carbonyl (C=O) groups excluding carboxylic acids is 1. The van der Waals surface area contributed by atoms with Gasteiger partial charge in [0.2, 0.25) is 5.91 Å². The molecule has 1 N–H and O–H groups in total. The third-order valence-electron chi connectivity index (χ3n) is 5.71. The number of anilines is 1. The van der Waals surface area contributed by atoms with Crippen molar-refractivity contribution in [2.24, 2.45) is 5.92 Å². The minimum Gasteiger partial charge on any atom is -0.497 e. The average Bonchev–Trinajstić information content (AvgIpc) is 3.17. The number of hydrogen-bond donors (Lipinski definition) is 1. The van der Waals surface area contributed by atoms with E-state index in [0.29, 0.717) is 34.8 Å². The highest BCUT2D eigenvalue weighted by molar-refractivity contribution is 7.99. The van der Waals surface area contributed by atoms with E-state index in [0.717, 1.165) is 35.0 Å². The molecule has 0 saturated heterocycles. The number of allylic oxidation sites excluding steroid dienone is 1. The fraction of sp³-hybridized carbons (Fsp3) is 0.375. The molecule has 2 aromatic heterocycles. The quantitative estimate of drug-likeness (QED) is 0.287. The van der Waals surface area contributed by atoms with Gasteiger partial charge >= 0.3 is 0 Å². The number of methoxy groups -OCH3 is 2. The Balaban J connectivity index is 1.58. The Bertz CT molecular complexity index is 1260. The number of aryl methyl sites for hydroxylation is 1. The molecule has 0 saturated carbocycles. The maximum absolute atomic E-state index is 13.4. The van der Waals surface area contributed by atoms with Crippen LogP contribution in [0.2, 0.25) is 0 Å². The average molecular weight is 486 g/mol. The Morgan fingerprint density at radius 1 is 1.39 bits per heavy atom. The zero-order valence-electron chi connectivity index (χ0n) is 19.0. The molecule has 33 heavy (non-hydrogen) atoms. The number of rotatable bonds is 8. The second-order valence-electron chi connectivity index (χ2n) is 8.03. The molecule has 0 aliphatic heterocycles. The van der Waals surface area contributed by atoms with Gasteiger partial charge in [-0.2, -0.15) is 0 Å². The van der Waals surface area contributed by atoms with E-state index in [4.69, 9.17) is 14.5 Å². The van der Waals surface area contributed by atoms with Crippen molar-refractivity contribution in [3.63, 3.8) is 0 Å².